The Morgan fingerprint density at radius 3 is 2.19 bits per heavy atom. The number of methoxy groups -OCH3 is 1. The van der Waals surface area contributed by atoms with Gasteiger partial charge in [-0.2, -0.15) is 0 Å². The number of benzene rings is 1. The lowest BCUT2D eigenvalue weighted by Crippen LogP contribution is -2.31. The van der Waals surface area contributed by atoms with Crippen LogP contribution >= 0.6 is 11.6 Å². The third-order valence-electron chi connectivity index (χ3n) is 6.14. The highest BCUT2D eigenvalue weighted by Gasteiger charge is 2.34. The molecule has 3 heterocycles. The summed E-state index contributed by atoms with van der Waals surface area (Å²) in [6.07, 6.45) is 5.40. The van der Waals surface area contributed by atoms with Crippen LogP contribution in [0, 0.1) is 5.92 Å². The molecule has 0 saturated heterocycles. The van der Waals surface area contributed by atoms with Gasteiger partial charge in [-0.05, 0) is 54.3 Å². The monoisotopic (exact) mass is 444 g/mol. The maximum atomic E-state index is 5.85. The summed E-state index contributed by atoms with van der Waals surface area (Å²) in [6.45, 7) is 6.68. The molecular formula is C26H25ClN4O. The van der Waals surface area contributed by atoms with Crippen LogP contribution in [0.15, 0.2) is 73.2 Å². The van der Waals surface area contributed by atoms with Crippen molar-refractivity contribution in [3.8, 4) is 28.1 Å². The van der Waals surface area contributed by atoms with Gasteiger partial charge in [0.1, 0.15) is 5.75 Å². The van der Waals surface area contributed by atoms with E-state index in [1.807, 2.05) is 30.6 Å². The van der Waals surface area contributed by atoms with Gasteiger partial charge >= 0.3 is 0 Å². The molecule has 3 aromatic heterocycles. The summed E-state index contributed by atoms with van der Waals surface area (Å²) >= 11 is 5.85. The van der Waals surface area contributed by atoms with Crippen LogP contribution in [0.25, 0.3) is 22.4 Å². The molecule has 0 N–H and O–H groups in total. The Hall–Kier alpha value is -3.31. The van der Waals surface area contributed by atoms with Gasteiger partial charge in [-0.15, -0.1) is 10.2 Å². The van der Waals surface area contributed by atoms with Gasteiger partial charge in [0.25, 0.3) is 0 Å². The van der Waals surface area contributed by atoms with Crippen molar-refractivity contribution in [1.82, 2.24) is 20.2 Å². The van der Waals surface area contributed by atoms with Crippen molar-refractivity contribution < 1.29 is 4.74 Å². The zero-order valence-electron chi connectivity index (χ0n) is 18.6. The summed E-state index contributed by atoms with van der Waals surface area (Å²) in [5.74, 6) is 1.08. The molecule has 0 bridgehead atoms. The van der Waals surface area contributed by atoms with Gasteiger partial charge in [-0.1, -0.05) is 49.7 Å². The SMILES string of the molecule is COc1cncc(-c2ccc(C(C)(c3ccc(-c4ccc(Cl)nn4)cn3)C(C)C)cc2)c1. The van der Waals surface area contributed by atoms with Crippen molar-refractivity contribution in [3.63, 3.8) is 0 Å². The van der Waals surface area contributed by atoms with E-state index in [1.54, 1.807) is 19.4 Å². The summed E-state index contributed by atoms with van der Waals surface area (Å²) in [5.41, 5.74) is 5.73. The number of pyridine rings is 2. The quantitative estimate of drug-likeness (QED) is 0.353. The average Bonchev–Trinajstić information content (AvgIpc) is 2.84. The molecule has 6 heteroatoms. The first-order valence-corrected chi connectivity index (χ1v) is 10.9. The Balaban J connectivity index is 1.66. The molecule has 5 nitrogen and oxygen atoms in total. The molecule has 4 rings (SSSR count). The summed E-state index contributed by atoms with van der Waals surface area (Å²) < 4.78 is 5.31. The molecule has 0 radical (unpaired) electrons. The molecule has 0 fully saturated rings. The summed E-state index contributed by atoms with van der Waals surface area (Å²) in [5, 5.41) is 8.44. The fourth-order valence-electron chi connectivity index (χ4n) is 3.80. The second-order valence-corrected chi connectivity index (χ2v) is 8.61. The lowest BCUT2D eigenvalue weighted by atomic mass is 9.70. The molecule has 0 aliphatic rings. The van der Waals surface area contributed by atoms with Gasteiger partial charge in [0.15, 0.2) is 5.15 Å². The first kappa shape index (κ1) is 21.9. The lowest BCUT2D eigenvalue weighted by molar-refractivity contribution is 0.395. The smallest absolute Gasteiger partial charge is 0.151 e. The molecule has 0 aliphatic heterocycles. The summed E-state index contributed by atoms with van der Waals surface area (Å²) in [7, 11) is 1.65. The van der Waals surface area contributed by atoms with Gasteiger partial charge in [-0.3, -0.25) is 9.97 Å². The maximum absolute atomic E-state index is 5.85. The molecule has 1 atom stereocenters. The lowest BCUT2D eigenvalue weighted by Gasteiger charge is -2.34. The van der Waals surface area contributed by atoms with Gasteiger partial charge in [0.05, 0.1) is 24.7 Å². The Bertz CT molecular complexity index is 1190. The van der Waals surface area contributed by atoms with Crippen LogP contribution in [-0.4, -0.2) is 27.3 Å². The van der Waals surface area contributed by atoms with E-state index in [0.717, 1.165) is 33.8 Å². The highest BCUT2D eigenvalue weighted by molar-refractivity contribution is 6.29. The largest absolute Gasteiger partial charge is 0.495 e. The van der Waals surface area contributed by atoms with Crippen LogP contribution in [0.1, 0.15) is 32.0 Å². The summed E-state index contributed by atoms with van der Waals surface area (Å²) in [6, 6.07) is 18.3. The van der Waals surface area contributed by atoms with Crippen molar-refractivity contribution >= 4 is 11.6 Å². The van der Waals surface area contributed by atoms with E-state index in [-0.39, 0.29) is 5.41 Å². The molecule has 162 valence electrons. The minimum atomic E-state index is -0.255. The predicted octanol–water partition coefficient (Wildman–Crippen LogP) is 6.22. The third kappa shape index (κ3) is 4.21. The minimum Gasteiger partial charge on any atom is -0.495 e. The molecule has 32 heavy (non-hydrogen) atoms. The maximum Gasteiger partial charge on any atom is 0.151 e. The number of ether oxygens (including phenoxy) is 1. The van der Waals surface area contributed by atoms with Gasteiger partial charge in [0, 0.05) is 28.9 Å². The number of aromatic nitrogens is 4. The van der Waals surface area contributed by atoms with E-state index >= 15 is 0 Å². The zero-order valence-corrected chi connectivity index (χ0v) is 19.3. The summed E-state index contributed by atoms with van der Waals surface area (Å²) in [4.78, 5) is 9.09. The van der Waals surface area contributed by atoms with E-state index < -0.39 is 0 Å². The van der Waals surface area contributed by atoms with Gasteiger partial charge in [-0.25, -0.2) is 0 Å². The van der Waals surface area contributed by atoms with E-state index in [4.69, 9.17) is 21.3 Å². The number of hydrogen-bond acceptors (Lipinski definition) is 5. The van der Waals surface area contributed by atoms with Crippen molar-refractivity contribution in [2.75, 3.05) is 7.11 Å². The predicted molar refractivity (Wildman–Crippen MR) is 128 cm³/mol. The van der Waals surface area contributed by atoms with Crippen LogP contribution in [0.5, 0.6) is 5.75 Å². The number of rotatable bonds is 6. The van der Waals surface area contributed by atoms with Gasteiger partial charge in [0.2, 0.25) is 0 Å². The van der Waals surface area contributed by atoms with Crippen molar-refractivity contribution in [2.24, 2.45) is 5.92 Å². The van der Waals surface area contributed by atoms with Crippen LogP contribution in [0.4, 0.5) is 0 Å². The van der Waals surface area contributed by atoms with E-state index in [9.17, 15) is 0 Å². The van der Waals surface area contributed by atoms with Gasteiger partial charge < -0.3 is 4.74 Å². The van der Waals surface area contributed by atoms with Crippen molar-refractivity contribution in [2.45, 2.75) is 26.2 Å². The Morgan fingerprint density at radius 2 is 1.59 bits per heavy atom. The normalized spacial score (nSPS) is 13.1. The zero-order chi connectivity index (χ0) is 22.7. The molecular weight excluding hydrogens is 420 g/mol. The third-order valence-corrected chi connectivity index (χ3v) is 6.35. The first-order chi connectivity index (χ1) is 15.4. The standard InChI is InChI=1S/C26H25ClN4O/c1-17(2)26(3,24-11-7-19(15-29-24)23-10-12-25(27)31-30-23)21-8-5-18(6-9-21)20-13-22(32-4)16-28-14-20/h5-17H,1-4H3. The number of hydrogen-bond donors (Lipinski definition) is 0. The average molecular weight is 445 g/mol. The van der Waals surface area contributed by atoms with Crippen LogP contribution in [-0.2, 0) is 5.41 Å². The fourth-order valence-corrected chi connectivity index (χ4v) is 3.90. The van der Waals surface area contributed by atoms with Crippen molar-refractivity contribution in [1.29, 1.82) is 0 Å². The first-order valence-electron chi connectivity index (χ1n) is 10.5. The number of nitrogens with zero attached hydrogens (tertiary/aromatic N) is 4. The second kappa shape index (κ2) is 9.05. The highest BCUT2D eigenvalue weighted by atomic mass is 35.5. The molecule has 0 amide bonds. The van der Waals surface area contributed by atoms with Crippen LogP contribution in [0.3, 0.4) is 0 Å². The second-order valence-electron chi connectivity index (χ2n) is 8.22. The van der Waals surface area contributed by atoms with E-state index in [0.29, 0.717) is 11.1 Å². The van der Waals surface area contributed by atoms with Crippen LogP contribution < -0.4 is 4.74 Å². The number of halogens is 1. The van der Waals surface area contributed by atoms with E-state index in [1.165, 1.54) is 5.56 Å². The molecule has 0 spiro atoms. The van der Waals surface area contributed by atoms with E-state index in [2.05, 4.69) is 66.3 Å². The van der Waals surface area contributed by atoms with Crippen molar-refractivity contribution in [3.05, 3.63) is 89.6 Å². The molecule has 0 aliphatic carbocycles. The Labute approximate surface area is 193 Å². The Kier molecular flexibility index (Phi) is 6.19. The molecule has 1 unspecified atom stereocenters. The molecule has 1 aromatic carbocycles. The topological polar surface area (TPSA) is 60.8 Å². The minimum absolute atomic E-state index is 0.255. The molecule has 0 saturated carbocycles. The Morgan fingerprint density at radius 1 is 0.844 bits per heavy atom. The molecule has 4 aromatic rings. The fraction of sp³-hybridized carbons (Fsp3) is 0.231. The van der Waals surface area contributed by atoms with Crippen LogP contribution in [0.2, 0.25) is 5.15 Å². The highest BCUT2D eigenvalue weighted by Crippen LogP contribution is 2.39.